The van der Waals surface area contributed by atoms with E-state index in [1.807, 2.05) is 44.2 Å². The summed E-state index contributed by atoms with van der Waals surface area (Å²) in [5.74, 6) is -0.353. The first kappa shape index (κ1) is 15.4. The van der Waals surface area contributed by atoms with Crippen LogP contribution < -0.4 is 5.73 Å². The number of hydrogen-bond acceptors (Lipinski definition) is 3. The summed E-state index contributed by atoms with van der Waals surface area (Å²) >= 11 is 0. The molecule has 0 aliphatic rings. The molecule has 1 aromatic carbocycles. The zero-order valence-corrected chi connectivity index (χ0v) is 13.1. The second-order valence-electron chi connectivity index (χ2n) is 5.84. The molecule has 0 bridgehead atoms. The standard InChI is InChI=1S/C18H19FN4/c1-11(2)14-6-7-16(22-18(14)19)17(20)13-5-3-4-12(10-13)15-8-9-21-23-15/h3-11,17H,20H2,1-2H3,(H,21,23). The number of aromatic nitrogens is 3. The first-order chi connectivity index (χ1) is 11.1. The fourth-order valence-corrected chi connectivity index (χ4v) is 2.55. The van der Waals surface area contributed by atoms with Crippen LogP contribution in [0, 0.1) is 5.95 Å². The van der Waals surface area contributed by atoms with Gasteiger partial charge in [-0.05, 0) is 35.2 Å². The number of nitrogens with one attached hydrogen (secondary N) is 1. The quantitative estimate of drug-likeness (QED) is 0.721. The summed E-state index contributed by atoms with van der Waals surface area (Å²) in [6, 6.07) is 12.7. The third-order valence-electron chi connectivity index (χ3n) is 3.90. The van der Waals surface area contributed by atoms with Crippen LogP contribution >= 0.6 is 0 Å². The molecule has 0 amide bonds. The van der Waals surface area contributed by atoms with Crippen molar-refractivity contribution in [2.24, 2.45) is 5.73 Å². The van der Waals surface area contributed by atoms with Gasteiger partial charge in [0.15, 0.2) is 0 Å². The van der Waals surface area contributed by atoms with Crippen LogP contribution in [0.3, 0.4) is 0 Å². The Morgan fingerprint density at radius 2 is 1.96 bits per heavy atom. The minimum atomic E-state index is -0.478. The molecule has 4 nitrogen and oxygen atoms in total. The molecule has 0 spiro atoms. The van der Waals surface area contributed by atoms with Gasteiger partial charge in [0.05, 0.1) is 17.4 Å². The van der Waals surface area contributed by atoms with Crippen LogP contribution in [0.4, 0.5) is 4.39 Å². The Balaban J connectivity index is 1.93. The van der Waals surface area contributed by atoms with Gasteiger partial charge in [0.2, 0.25) is 5.95 Å². The van der Waals surface area contributed by atoms with Crippen LogP contribution in [-0.4, -0.2) is 15.2 Å². The van der Waals surface area contributed by atoms with Crippen molar-refractivity contribution in [3.63, 3.8) is 0 Å². The Hall–Kier alpha value is -2.53. The molecular formula is C18H19FN4. The van der Waals surface area contributed by atoms with E-state index in [2.05, 4.69) is 15.2 Å². The molecule has 0 aliphatic heterocycles. The summed E-state index contributed by atoms with van der Waals surface area (Å²) < 4.78 is 14.1. The van der Waals surface area contributed by atoms with Gasteiger partial charge in [-0.3, -0.25) is 5.10 Å². The van der Waals surface area contributed by atoms with Crippen molar-refractivity contribution in [1.82, 2.24) is 15.2 Å². The Morgan fingerprint density at radius 1 is 1.13 bits per heavy atom. The maximum absolute atomic E-state index is 14.1. The van der Waals surface area contributed by atoms with E-state index in [9.17, 15) is 4.39 Å². The van der Waals surface area contributed by atoms with Gasteiger partial charge in [-0.1, -0.05) is 38.1 Å². The Kier molecular flexibility index (Phi) is 4.21. The molecule has 1 unspecified atom stereocenters. The average molecular weight is 310 g/mol. The van der Waals surface area contributed by atoms with Crippen molar-refractivity contribution in [2.75, 3.05) is 0 Å². The van der Waals surface area contributed by atoms with E-state index in [0.717, 1.165) is 16.8 Å². The van der Waals surface area contributed by atoms with Crippen LogP contribution in [0.15, 0.2) is 48.7 Å². The van der Waals surface area contributed by atoms with Crippen LogP contribution in [0.1, 0.15) is 42.6 Å². The topological polar surface area (TPSA) is 67.6 Å². The van der Waals surface area contributed by atoms with Crippen molar-refractivity contribution in [3.8, 4) is 11.3 Å². The molecule has 1 atom stereocenters. The van der Waals surface area contributed by atoms with E-state index in [1.165, 1.54) is 0 Å². The van der Waals surface area contributed by atoms with Crippen LogP contribution in [0.25, 0.3) is 11.3 Å². The van der Waals surface area contributed by atoms with E-state index in [1.54, 1.807) is 18.3 Å². The molecule has 2 aromatic heterocycles. The van der Waals surface area contributed by atoms with Crippen molar-refractivity contribution in [1.29, 1.82) is 0 Å². The molecule has 23 heavy (non-hydrogen) atoms. The molecule has 0 saturated heterocycles. The number of nitrogens with zero attached hydrogens (tertiary/aromatic N) is 2. The van der Waals surface area contributed by atoms with Crippen molar-refractivity contribution < 1.29 is 4.39 Å². The number of rotatable bonds is 4. The molecule has 3 N–H and O–H groups in total. The predicted molar refractivity (Wildman–Crippen MR) is 88.3 cm³/mol. The summed E-state index contributed by atoms with van der Waals surface area (Å²) in [6.07, 6.45) is 1.70. The minimum Gasteiger partial charge on any atom is -0.319 e. The van der Waals surface area contributed by atoms with E-state index < -0.39 is 12.0 Å². The Labute approximate surface area is 134 Å². The number of H-pyrrole nitrogens is 1. The predicted octanol–water partition coefficient (Wildman–Crippen LogP) is 3.78. The highest BCUT2D eigenvalue weighted by atomic mass is 19.1. The van der Waals surface area contributed by atoms with E-state index in [-0.39, 0.29) is 5.92 Å². The SMILES string of the molecule is CC(C)c1ccc(C(N)c2cccc(-c3ccn[nH]3)c2)nc1F. The lowest BCUT2D eigenvalue weighted by Crippen LogP contribution is -2.15. The summed E-state index contributed by atoms with van der Waals surface area (Å²) in [5.41, 5.74) is 10.2. The number of benzene rings is 1. The fraction of sp³-hybridized carbons (Fsp3) is 0.222. The first-order valence-electron chi connectivity index (χ1n) is 7.58. The van der Waals surface area contributed by atoms with Crippen molar-refractivity contribution in [3.05, 3.63) is 71.4 Å². The molecule has 0 radical (unpaired) electrons. The Morgan fingerprint density at radius 3 is 2.61 bits per heavy atom. The molecule has 0 fully saturated rings. The summed E-state index contributed by atoms with van der Waals surface area (Å²) in [5, 5.41) is 6.87. The summed E-state index contributed by atoms with van der Waals surface area (Å²) in [4.78, 5) is 4.05. The van der Waals surface area contributed by atoms with Gasteiger partial charge in [0, 0.05) is 11.8 Å². The van der Waals surface area contributed by atoms with Crippen LogP contribution in [0.5, 0.6) is 0 Å². The number of hydrogen-bond donors (Lipinski definition) is 2. The highest BCUT2D eigenvalue weighted by Gasteiger charge is 2.15. The van der Waals surface area contributed by atoms with Gasteiger partial charge in [-0.2, -0.15) is 9.49 Å². The lowest BCUT2D eigenvalue weighted by atomic mass is 9.99. The van der Waals surface area contributed by atoms with Crippen LogP contribution in [0.2, 0.25) is 0 Å². The molecular weight excluding hydrogens is 291 g/mol. The maximum atomic E-state index is 14.1. The van der Waals surface area contributed by atoms with E-state index >= 15 is 0 Å². The summed E-state index contributed by atoms with van der Waals surface area (Å²) in [6.45, 7) is 3.88. The monoisotopic (exact) mass is 310 g/mol. The molecule has 0 aliphatic carbocycles. The molecule has 3 aromatic rings. The van der Waals surface area contributed by atoms with Crippen molar-refractivity contribution >= 4 is 0 Å². The molecule has 118 valence electrons. The number of aromatic amines is 1. The highest BCUT2D eigenvalue weighted by molar-refractivity contribution is 5.60. The lowest BCUT2D eigenvalue weighted by molar-refractivity contribution is 0.546. The number of pyridine rings is 1. The average Bonchev–Trinajstić information content (AvgIpc) is 3.08. The van der Waals surface area contributed by atoms with Gasteiger partial charge in [0.1, 0.15) is 0 Å². The summed E-state index contributed by atoms with van der Waals surface area (Å²) in [7, 11) is 0. The second-order valence-corrected chi connectivity index (χ2v) is 5.84. The molecule has 3 rings (SSSR count). The van der Waals surface area contributed by atoms with Gasteiger partial charge in [-0.15, -0.1) is 0 Å². The largest absolute Gasteiger partial charge is 0.319 e. The minimum absolute atomic E-state index is 0.0940. The van der Waals surface area contributed by atoms with Crippen molar-refractivity contribution in [2.45, 2.75) is 25.8 Å². The van der Waals surface area contributed by atoms with Gasteiger partial charge < -0.3 is 5.73 Å². The molecule has 5 heteroatoms. The fourth-order valence-electron chi connectivity index (χ4n) is 2.55. The second kappa shape index (κ2) is 6.30. The highest BCUT2D eigenvalue weighted by Crippen LogP contribution is 2.25. The normalized spacial score (nSPS) is 12.6. The smallest absolute Gasteiger partial charge is 0.216 e. The zero-order valence-electron chi connectivity index (χ0n) is 13.1. The number of nitrogens with two attached hydrogens (primary N) is 1. The van der Waals surface area contributed by atoms with Crippen LogP contribution in [-0.2, 0) is 0 Å². The third kappa shape index (κ3) is 3.14. The van der Waals surface area contributed by atoms with Gasteiger partial charge in [0.25, 0.3) is 0 Å². The maximum Gasteiger partial charge on any atom is 0.216 e. The number of halogens is 1. The lowest BCUT2D eigenvalue weighted by Gasteiger charge is -2.14. The third-order valence-corrected chi connectivity index (χ3v) is 3.90. The molecule has 2 heterocycles. The van der Waals surface area contributed by atoms with Gasteiger partial charge >= 0.3 is 0 Å². The Bertz CT molecular complexity index is 797. The van der Waals surface area contributed by atoms with E-state index in [4.69, 9.17) is 5.73 Å². The van der Waals surface area contributed by atoms with E-state index in [0.29, 0.717) is 11.3 Å². The van der Waals surface area contributed by atoms with Gasteiger partial charge in [-0.25, -0.2) is 4.98 Å². The zero-order chi connectivity index (χ0) is 16.4. The first-order valence-corrected chi connectivity index (χ1v) is 7.58. The molecule has 0 saturated carbocycles.